The van der Waals surface area contributed by atoms with Crippen molar-refractivity contribution < 1.29 is 4.74 Å². The number of hydrogen-bond donors (Lipinski definition) is 3. The number of aliphatic imine (C=N–C) groups is 1. The minimum atomic E-state index is 0.612. The van der Waals surface area contributed by atoms with Crippen LogP contribution in [0.2, 0.25) is 0 Å². The number of rotatable bonds is 9. The maximum absolute atomic E-state index is 6.08. The van der Waals surface area contributed by atoms with Crippen molar-refractivity contribution in [3.63, 3.8) is 0 Å². The van der Waals surface area contributed by atoms with E-state index in [-0.39, 0.29) is 0 Å². The summed E-state index contributed by atoms with van der Waals surface area (Å²) in [5.41, 5.74) is 3.84. The van der Waals surface area contributed by atoms with E-state index in [9.17, 15) is 0 Å². The van der Waals surface area contributed by atoms with Crippen LogP contribution in [-0.4, -0.2) is 50.1 Å². The molecule has 3 aliphatic rings. The molecule has 30 heavy (non-hydrogen) atoms. The van der Waals surface area contributed by atoms with Crippen molar-refractivity contribution in [2.75, 3.05) is 39.3 Å². The van der Waals surface area contributed by atoms with Crippen LogP contribution >= 0.6 is 11.6 Å². The van der Waals surface area contributed by atoms with Crippen LogP contribution < -0.4 is 21.3 Å². The van der Waals surface area contributed by atoms with Crippen LogP contribution in [0.1, 0.15) is 31.2 Å². The summed E-state index contributed by atoms with van der Waals surface area (Å²) < 4.78 is 5.95. The summed E-state index contributed by atoms with van der Waals surface area (Å²) >= 11 is 6.08. The second-order valence-electron chi connectivity index (χ2n) is 8.73. The van der Waals surface area contributed by atoms with Crippen molar-refractivity contribution in [1.82, 2.24) is 15.6 Å². The third-order valence-electron chi connectivity index (χ3n) is 6.63. The van der Waals surface area contributed by atoms with E-state index >= 15 is 0 Å². The lowest BCUT2D eigenvalue weighted by Gasteiger charge is -2.32. The van der Waals surface area contributed by atoms with Crippen molar-refractivity contribution in [3.8, 4) is 5.75 Å². The molecule has 0 radical (unpaired) electrons. The molecule has 0 spiro atoms. The Bertz CT molecular complexity index is 742. The van der Waals surface area contributed by atoms with E-state index in [0.29, 0.717) is 13.1 Å². The normalized spacial score (nSPS) is 25.1. The Morgan fingerprint density at radius 3 is 2.80 bits per heavy atom. The van der Waals surface area contributed by atoms with Crippen LogP contribution in [0.15, 0.2) is 40.4 Å². The molecule has 0 aromatic heterocycles. The summed E-state index contributed by atoms with van der Waals surface area (Å²) in [7, 11) is 0. The highest BCUT2D eigenvalue weighted by molar-refractivity contribution is 6.30. The zero-order valence-electron chi connectivity index (χ0n) is 17.7. The van der Waals surface area contributed by atoms with Gasteiger partial charge in [0.2, 0.25) is 0 Å². The summed E-state index contributed by atoms with van der Waals surface area (Å²) in [5.74, 6) is 10.0. The maximum Gasteiger partial charge on any atom is 0.119 e. The third-order valence-corrected chi connectivity index (χ3v) is 6.90. The Labute approximate surface area is 184 Å². The van der Waals surface area contributed by atoms with Gasteiger partial charge in [-0.25, -0.2) is 0 Å². The maximum atomic E-state index is 6.08. The van der Waals surface area contributed by atoms with Gasteiger partial charge in [0.25, 0.3) is 0 Å². The molecule has 1 aromatic rings. The summed E-state index contributed by atoms with van der Waals surface area (Å²) in [6, 6.07) is 8.18. The van der Waals surface area contributed by atoms with Gasteiger partial charge in [-0.1, -0.05) is 23.7 Å². The lowest BCUT2D eigenvalue weighted by Crippen LogP contribution is -2.42. The molecule has 2 aliphatic heterocycles. The lowest BCUT2D eigenvalue weighted by atomic mass is 9.90. The first-order chi connectivity index (χ1) is 14.7. The third kappa shape index (κ3) is 6.20. The largest absolute Gasteiger partial charge is 0.494 e. The minimum Gasteiger partial charge on any atom is -0.494 e. The second kappa shape index (κ2) is 10.6. The predicted molar refractivity (Wildman–Crippen MR) is 123 cm³/mol. The molecule has 1 aromatic carbocycles. The standard InChI is InChI=1S/C23H34ClN5O/c24-20-5-9-26-23(27-15-20)16-29-10-6-18(7-11-29)22-13-19(22)8-12-30-21-3-1-17(2-4-21)14-28-25/h1-5,18-19,22,28H,6-16,25H2,(H,26,27). The number of nitrogens with one attached hydrogen (secondary N) is 2. The molecule has 4 rings (SSSR count). The average Bonchev–Trinajstić information content (AvgIpc) is 3.55. The molecule has 0 amide bonds. The first-order valence-electron chi connectivity index (χ1n) is 11.2. The number of nitrogens with zero attached hydrogens (tertiary/aromatic N) is 2. The molecular formula is C23H34ClN5O. The van der Waals surface area contributed by atoms with E-state index in [1.54, 1.807) is 0 Å². The van der Waals surface area contributed by atoms with Gasteiger partial charge in [-0.15, -0.1) is 0 Å². The molecule has 2 heterocycles. The van der Waals surface area contributed by atoms with Crippen molar-refractivity contribution in [2.24, 2.45) is 28.6 Å². The molecule has 2 unspecified atom stereocenters. The van der Waals surface area contributed by atoms with Crippen LogP contribution in [0, 0.1) is 17.8 Å². The Hall–Kier alpha value is -1.60. The van der Waals surface area contributed by atoms with Crippen LogP contribution in [-0.2, 0) is 6.54 Å². The SMILES string of the molecule is NNCc1ccc(OCCC2CC2C2CCN(CC3=NCC(Cl)=CCN3)CC2)cc1. The number of benzene rings is 1. The van der Waals surface area contributed by atoms with Gasteiger partial charge in [0.1, 0.15) is 11.6 Å². The fraction of sp³-hybridized carbons (Fsp3) is 0.609. The van der Waals surface area contributed by atoms with Gasteiger partial charge in [0.15, 0.2) is 0 Å². The van der Waals surface area contributed by atoms with Gasteiger partial charge >= 0.3 is 0 Å². The van der Waals surface area contributed by atoms with E-state index in [1.807, 2.05) is 18.2 Å². The van der Waals surface area contributed by atoms with Crippen LogP contribution in [0.3, 0.4) is 0 Å². The number of amidine groups is 1. The fourth-order valence-corrected chi connectivity index (χ4v) is 4.89. The molecule has 0 bridgehead atoms. The molecule has 164 valence electrons. The summed E-state index contributed by atoms with van der Waals surface area (Å²) in [4.78, 5) is 7.12. The number of likely N-dealkylation sites (tertiary alicyclic amines) is 1. The number of hydrogen-bond acceptors (Lipinski definition) is 6. The van der Waals surface area contributed by atoms with Crippen LogP contribution in [0.5, 0.6) is 5.75 Å². The zero-order chi connectivity index (χ0) is 20.8. The van der Waals surface area contributed by atoms with Crippen molar-refractivity contribution in [2.45, 2.75) is 32.2 Å². The van der Waals surface area contributed by atoms with E-state index < -0.39 is 0 Å². The van der Waals surface area contributed by atoms with Gasteiger partial charge in [-0.2, -0.15) is 0 Å². The Balaban J connectivity index is 1.11. The van der Waals surface area contributed by atoms with E-state index in [1.165, 1.54) is 44.3 Å². The highest BCUT2D eigenvalue weighted by atomic mass is 35.5. The first-order valence-corrected chi connectivity index (χ1v) is 11.6. The number of hydrazine groups is 1. The molecule has 1 saturated carbocycles. The minimum absolute atomic E-state index is 0.612. The molecule has 1 aliphatic carbocycles. The molecule has 2 fully saturated rings. The van der Waals surface area contributed by atoms with E-state index in [2.05, 4.69) is 32.8 Å². The lowest BCUT2D eigenvalue weighted by molar-refractivity contribution is 0.184. The summed E-state index contributed by atoms with van der Waals surface area (Å²) in [6.07, 6.45) is 7.19. The van der Waals surface area contributed by atoms with Gasteiger partial charge in [-0.3, -0.25) is 21.2 Å². The topological polar surface area (TPSA) is 74.9 Å². The second-order valence-corrected chi connectivity index (χ2v) is 9.22. The van der Waals surface area contributed by atoms with Gasteiger partial charge in [-0.05, 0) is 80.3 Å². The van der Waals surface area contributed by atoms with Crippen LogP contribution in [0.4, 0.5) is 0 Å². The number of ether oxygens (including phenoxy) is 1. The number of nitrogens with two attached hydrogens (primary N) is 1. The van der Waals surface area contributed by atoms with Crippen molar-refractivity contribution in [1.29, 1.82) is 0 Å². The van der Waals surface area contributed by atoms with Crippen molar-refractivity contribution in [3.05, 3.63) is 40.9 Å². The summed E-state index contributed by atoms with van der Waals surface area (Å²) in [6.45, 7) is 6.17. The van der Waals surface area contributed by atoms with Crippen molar-refractivity contribution >= 4 is 17.4 Å². The molecular weight excluding hydrogens is 398 g/mol. The molecule has 7 heteroatoms. The molecule has 2 atom stereocenters. The first kappa shape index (κ1) is 21.6. The quantitative estimate of drug-likeness (QED) is 0.414. The highest BCUT2D eigenvalue weighted by Gasteiger charge is 2.43. The predicted octanol–water partition coefficient (Wildman–Crippen LogP) is 2.89. The van der Waals surface area contributed by atoms with Gasteiger partial charge < -0.3 is 10.1 Å². The highest BCUT2D eigenvalue weighted by Crippen LogP contribution is 2.49. The van der Waals surface area contributed by atoms with Gasteiger partial charge in [0, 0.05) is 18.1 Å². The Morgan fingerprint density at radius 1 is 1.23 bits per heavy atom. The monoisotopic (exact) mass is 431 g/mol. The van der Waals surface area contributed by atoms with E-state index in [4.69, 9.17) is 22.2 Å². The summed E-state index contributed by atoms with van der Waals surface area (Å²) in [5, 5.41) is 4.22. The number of halogens is 1. The van der Waals surface area contributed by atoms with E-state index in [0.717, 1.165) is 54.1 Å². The fourth-order valence-electron chi connectivity index (χ4n) is 4.76. The smallest absolute Gasteiger partial charge is 0.119 e. The Kier molecular flexibility index (Phi) is 7.66. The van der Waals surface area contributed by atoms with Crippen LogP contribution in [0.25, 0.3) is 0 Å². The molecule has 1 saturated heterocycles. The van der Waals surface area contributed by atoms with Gasteiger partial charge in [0.05, 0.1) is 19.7 Å². The Morgan fingerprint density at radius 2 is 2.03 bits per heavy atom. The molecule has 6 nitrogen and oxygen atoms in total. The number of piperidine rings is 1. The average molecular weight is 432 g/mol. The zero-order valence-corrected chi connectivity index (χ0v) is 18.4. The molecule has 4 N–H and O–H groups in total.